The van der Waals surface area contributed by atoms with E-state index in [-0.39, 0.29) is 17.2 Å². The maximum Gasteiger partial charge on any atom is 0.416 e. The maximum absolute atomic E-state index is 12.0. The molecule has 1 aliphatic rings. The molecule has 0 saturated carbocycles. The SMILES string of the molecule is CC(C)[C@@H]1N(c2ccnc(Cl)n2)C(=O)OC1(C)C. The van der Waals surface area contributed by atoms with Gasteiger partial charge >= 0.3 is 6.09 Å². The predicted octanol–water partition coefficient (Wildman–Crippen LogP) is 2.89. The van der Waals surface area contributed by atoms with Gasteiger partial charge in [-0.25, -0.2) is 14.8 Å². The van der Waals surface area contributed by atoms with Crippen LogP contribution in [0.5, 0.6) is 0 Å². The normalized spacial score (nSPS) is 22.4. The average Bonchev–Trinajstić information content (AvgIpc) is 2.47. The van der Waals surface area contributed by atoms with Gasteiger partial charge in [-0.3, -0.25) is 4.90 Å². The minimum atomic E-state index is -0.553. The lowest BCUT2D eigenvalue weighted by molar-refractivity contribution is 0.0592. The van der Waals surface area contributed by atoms with Gasteiger partial charge in [-0.15, -0.1) is 0 Å². The van der Waals surface area contributed by atoms with Crippen LogP contribution in [0.1, 0.15) is 27.7 Å². The first-order chi connectivity index (χ1) is 8.33. The number of amides is 1. The second kappa shape index (κ2) is 4.39. The average molecular weight is 270 g/mol. The lowest BCUT2D eigenvalue weighted by Crippen LogP contribution is -2.45. The maximum atomic E-state index is 12.0. The first-order valence-electron chi connectivity index (χ1n) is 5.83. The summed E-state index contributed by atoms with van der Waals surface area (Å²) < 4.78 is 5.41. The van der Waals surface area contributed by atoms with Gasteiger partial charge < -0.3 is 4.74 Å². The molecule has 2 rings (SSSR count). The van der Waals surface area contributed by atoms with Crippen molar-refractivity contribution < 1.29 is 9.53 Å². The summed E-state index contributed by atoms with van der Waals surface area (Å²) in [4.78, 5) is 21.5. The van der Waals surface area contributed by atoms with Crippen molar-refractivity contribution in [2.75, 3.05) is 4.90 Å². The minimum absolute atomic E-state index is 0.0871. The third-order valence-electron chi connectivity index (χ3n) is 3.03. The molecule has 1 aromatic rings. The van der Waals surface area contributed by atoms with Gasteiger partial charge in [0.25, 0.3) is 0 Å². The molecule has 0 aliphatic carbocycles. The number of anilines is 1. The number of aromatic nitrogens is 2. The molecule has 6 heteroatoms. The lowest BCUT2D eigenvalue weighted by Gasteiger charge is -2.31. The fraction of sp³-hybridized carbons (Fsp3) is 0.583. The Hall–Kier alpha value is -1.36. The van der Waals surface area contributed by atoms with E-state index in [4.69, 9.17) is 16.3 Å². The van der Waals surface area contributed by atoms with Crippen LogP contribution in [0.4, 0.5) is 10.6 Å². The Morgan fingerprint density at radius 1 is 1.50 bits per heavy atom. The molecule has 1 atom stereocenters. The van der Waals surface area contributed by atoms with Crippen LogP contribution in [-0.2, 0) is 4.74 Å². The van der Waals surface area contributed by atoms with E-state index in [9.17, 15) is 4.79 Å². The summed E-state index contributed by atoms with van der Waals surface area (Å²) in [5.41, 5.74) is -0.553. The van der Waals surface area contributed by atoms with Gasteiger partial charge in [-0.05, 0) is 37.4 Å². The Balaban J connectivity index is 2.45. The van der Waals surface area contributed by atoms with Crippen molar-refractivity contribution in [2.24, 2.45) is 5.92 Å². The predicted molar refractivity (Wildman–Crippen MR) is 68.7 cm³/mol. The highest BCUT2D eigenvalue weighted by Gasteiger charge is 2.50. The summed E-state index contributed by atoms with van der Waals surface area (Å²) in [6, 6.07) is 1.57. The number of hydrogen-bond acceptors (Lipinski definition) is 4. The summed E-state index contributed by atoms with van der Waals surface area (Å²) in [6.45, 7) is 7.89. The van der Waals surface area contributed by atoms with Crippen molar-refractivity contribution in [3.8, 4) is 0 Å². The topological polar surface area (TPSA) is 55.3 Å². The molecule has 0 spiro atoms. The zero-order valence-corrected chi connectivity index (χ0v) is 11.6. The molecule has 1 aromatic heterocycles. The van der Waals surface area contributed by atoms with E-state index in [0.717, 1.165) is 0 Å². The van der Waals surface area contributed by atoms with Crippen LogP contribution in [0.25, 0.3) is 0 Å². The highest BCUT2D eigenvalue weighted by atomic mass is 35.5. The zero-order chi connectivity index (χ0) is 13.5. The summed E-state index contributed by atoms with van der Waals surface area (Å²) in [5, 5.41) is 0.118. The second-order valence-corrected chi connectivity index (χ2v) is 5.55. The van der Waals surface area contributed by atoms with Crippen LogP contribution < -0.4 is 4.90 Å². The molecule has 1 amide bonds. The van der Waals surface area contributed by atoms with Crippen molar-refractivity contribution in [1.82, 2.24) is 9.97 Å². The highest BCUT2D eigenvalue weighted by Crippen LogP contribution is 2.36. The van der Waals surface area contributed by atoms with Gasteiger partial charge in [-0.2, -0.15) is 0 Å². The number of carbonyl (C=O) groups is 1. The number of ether oxygens (including phenoxy) is 1. The third kappa shape index (κ3) is 2.14. The molecule has 0 unspecified atom stereocenters. The number of carbonyl (C=O) groups excluding carboxylic acids is 1. The Labute approximate surface area is 111 Å². The Bertz CT molecular complexity index is 476. The molecule has 0 bridgehead atoms. The van der Waals surface area contributed by atoms with Crippen LogP contribution in [0.15, 0.2) is 12.3 Å². The van der Waals surface area contributed by atoms with E-state index < -0.39 is 11.7 Å². The molecule has 5 nitrogen and oxygen atoms in total. The van der Waals surface area contributed by atoms with Crippen LogP contribution in [-0.4, -0.2) is 27.7 Å². The third-order valence-corrected chi connectivity index (χ3v) is 3.21. The number of hydrogen-bond donors (Lipinski definition) is 0. The van der Waals surface area contributed by atoms with E-state index in [1.807, 2.05) is 27.7 Å². The summed E-state index contributed by atoms with van der Waals surface area (Å²) in [5.74, 6) is 0.712. The zero-order valence-electron chi connectivity index (χ0n) is 10.8. The van der Waals surface area contributed by atoms with E-state index in [2.05, 4.69) is 9.97 Å². The van der Waals surface area contributed by atoms with Gasteiger partial charge in [0.1, 0.15) is 11.4 Å². The molecule has 0 radical (unpaired) electrons. The van der Waals surface area contributed by atoms with Gasteiger partial charge in [0.15, 0.2) is 0 Å². The van der Waals surface area contributed by atoms with Gasteiger partial charge in [0.2, 0.25) is 5.28 Å². The number of halogens is 1. The molecule has 1 saturated heterocycles. The molecular formula is C12H16ClN3O2. The van der Waals surface area contributed by atoms with E-state index >= 15 is 0 Å². The van der Waals surface area contributed by atoms with Crippen LogP contribution in [0.2, 0.25) is 5.28 Å². The molecule has 18 heavy (non-hydrogen) atoms. The van der Waals surface area contributed by atoms with Gasteiger partial charge in [0, 0.05) is 6.20 Å². The Kier molecular flexibility index (Phi) is 3.19. The van der Waals surface area contributed by atoms with Crippen molar-refractivity contribution >= 4 is 23.5 Å². The summed E-state index contributed by atoms with van der Waals surface area (Å²) in [6.07, 6.45) is 1.13. The molecule has 0 N–H and O–H groups in total. The summed E-state index contributed by atoms with van der Waals surface area (Å²) in [7, 11) is 0. The molecule has 98 valence electrons. The molecular weight excluding hydrogens is 254 g/mol. The molecule has 1 fully saturated rings. The first kappa shape index (κ1) is 13.1. The van der Waals surface area contributed by atoms with Crippen molar-refractivity contribution in [3.63, 3.8) is 0 Å². The van der Waals surface area contributed by atoms with Crippen molar-refractivity contribution in [2.45, 2.75) is 39.3 Å². The van der Waals surface area contributed by atoms with Crippen molar-refractivity contribution in [1.29, 1.82) is 0 Å². The van der Waals surface area contributed by atoms with E-state index in [1.165, 1.54) is 6.20 Å². The Morgan fingerprint density at radius 2 is 2.17 bits per heavy atom. The fourth-order valence-corrected chi connectivity index (χ4v) is 2.70. The lowest BCUT2D eigenvalue weighted by atomic mass is 9.89. The smallest absolute Gasteiger partial charge is 0.416 e. The number of cyclic esters (lactones) is 1. The highest BCUT2D eigenvalue weighted by molar-refractivity contribution is 6.28. The van der Waals surface area contributed by atoms with Crippen LogP contribution in [0, 0.1) is 5.92 Å². The standard InChI is InChI=1S/C12H16ClN3O2/c1-7(2)9-12(3,4)18-11(17)16(9)8-5-6-14-10(13)15-8/h5-7,9H,1-4H3/t9-/m0/s1. The van der Waals surface area contributed by atoms with Crippen molar-refractivity contribution in [3.05, 3.63) is 17.5 Å². The molecule has 1 aliphatic heterocycles. The molecule has 2 heterocycles. The fourth-order valence-electron chi connectivity index (χ4n) is 2.56. The first-order valence-corrected chi connectivity index (χ1v) is 6.21. The van der Waals surface area contributed by atoms with E-state index in [1.54, 1.807) is 11.0 Å². The summed E-state index contributed by atoms with van der Waals surface area (Å²) >= 11 is 5.77. The second-order valence-electron chi connectivity index (χ2n) is 5.21. The van der Waals surface area contributed by atoms with Gasteiger partial charge in [-0.1, -0.05) is 13.8 Å². The largest absolute Gasteiger partial charge is 0.441 e. The molecule has 0 aromatic carbocycles. The van der Waals surface area contributed by atoms with Crippen LogP contribution in [0.3, 0.4) is 0 Å². The van der Waals surface area contributed by atoms with Gasteiger partial charge in [0.05, 0.1) is 6.04 Å². The number of nitrogens with zero attached hydrogens (tertiary/aromatic N) is 3. The monoisotopic (exact) mass is 269 g/mol. The van der Waals surface area contributed by atoms with Crippen LogP contribution >= 0.6 is 11.6 Å². The number of rotatable bonds is 2. The van der Waals surface area contributed by atoms with E-state index in [0.29, 0.717) is 5.82 Å². The quantitative estimate of drug-likeness (QED) is 0.775. The Morgan fingerprint density at radius 3 is 2.72 bits per heavy atom. The minimum Gasteiger partial charge on any atom is -0.441 e.